The Morgan fingerprint density at radius 3 is 2.80 bits per heavy atom. The van der Waals surface area contributed by atoms with Crippen LogP contribution in [-0.2, 0) is 4.79 Å². The van der Waals surface area contributed by atoms with Gasteiger partial charge in [0, 0.05) is 48.5 Å². The van der Waals surface area contributed by atoms with Crippen LogP contribution in [0.2, 0.25) is 0 Å². The Hall–Kier alpha value is -2.90. The van der Waals surface area contributed by atoms with Crippen LogP contribution in [0.1, 0.15) is 58.7 Å². The standard InChI is InChI=1S/C22H30N6O2/c1-13(14-7-19(29)24-10-14)30-21-20-18(25-12-28(20)16-5-6-16)8-17(27-21)15(9-23)11-26-22(2,3)4/h8-9,11-14,16,23,26H,5-7,10H2,1-4H3,(H,24,29)/b15-11+,23-9?/t13-,14-/m1/s1. The summed E-state index contributed by atoms with van der Waals surface area (Å²) in [6, 6.07) is 2.35. The van der Waals surface area contributed by atoms with Crippen LogP contribution < -0.4 is 15.4 Å². The Labute approximate surface area is 176 Å². The van der Waals surface area contributed by atoms with E-state index in [1.807, 2.05) is 25.5 Å². The molecule has 2 aromatic rings. The van der Waals surface area contributed by atoms with Crippen molar-refractivity contribution >= 4 is 28.7 Å². The second-order valence-corrected chi connectivity index (χ2v) is 9.29. The van der Waals surface area contributed by atoms with Crippen LogP contribution in [0, 0.1) is 11.3 Å². The van der Waals surface area contributed by atoms with Crippen LogP contribution in [-0.4, -0.2) is 44.8 Å². The first-order valence-electron chi connectivity index (χ1n) is 10.5. The van der Waals surface area contributed by atoms with Gasteiger partial charge in [-0.15, -0.1) is 0 Å². The summed E-state index contributed by atoms with van der Waals surface area (Å²) < 4.78 is 8.48. The maximum Gasteiger partial charge on any atom is 0.241 e. The van der Waals surface area contributed by atoms with Crippen LogP contribution >= 0.6 is 0 Å². The molecule has 2 fully saturated rings. The molecule has 8 nitrogen and oxygen atoms in total. The zero-order valence-electron chi connectivity index (χ0n) is 18.0. The van der Waals surface area contributed by atoms with Gasteiger partial charge in [-0.3, -0.25) is 4.79 Å². The zero-order valence-corrected chi connectivity index (χ0v) is 18.0. The number of hydrogen-bond donors (Lipinski definition) is 3. The molecular weight excluding hydrogens is 380 g/mol. The molecule has 2 aliphatic rings. The monoisotopic (exact) mass is 410 g/mol. The van der Waals surface area contributed by atoms with E-state index in [1.54, 1.807) is 0 Å². The summed E-state index contributed by atoms with van der Waals surface area (Å²) in [4.78, 5) is 21.0. The van der Waals surface area contributed by atoms with Gasteiger partial charge in [0.2, 0.25) is 11.8 Å². The van der Waals surface area contributed by atoms with Crippen LogP contribution in [0.5, 0.6) is 5.88 Å². The molecule has 2 atom stereocenters. The number of allylic oxidation sites excluding steroid dienone is 1. The third kappa shape index (κ3) is 4.32. The number of fused-ring (bicyclic) bond motifs is 1. The minimum atomic E-state index is -0.169. The molecule has 1 saturated carbocycles. The Balaban J connectivity index is 1.72. The number of nitrogens with one attached hydrogen (secondary N) is 3. The Kier molecular flexibility index (Phi) is 5.26. The number of ether oxygens (including phenoxy) is 1. The fourth-order valence-electron chi connectivity index (χ4n) is 3.60. The van der Waals surface area contributed by atoms with Gasteiger partial charge in [-0.05, 0) is 46.6 Å². The Bertz CT molecular complexity index is 999. The number of carbonyl (C=O) groups is 1. The third-order valence-electron chi connectivity index (χ3n) is 5.54. The molecule has 2 aromatic heterocycles. The van der Waals surface area contributed by atoms with Gasteiger partial charge in [0.05, 0.1) is 17.5 Å². The van der Waals surface area contributed by atoms with Crippen LogP contribution in [0.15, 0.2) is 18.6 Å². The Morgan fingerprint density at radius 1 is 1.43 bits per heavy atom. The maximum atomic E-state index is 11.6. The van der Waals surface area contributed by atoms with Gasteiger partial charge < -0.3 is 25.3 Å². The van der Waals surface area contributed by atoms with Gasteiger partial charge in [0.25, 0.3) is 0 Å². The lowest BCUT2D eigenvalue weighted by Crippen LogP contribution is -2.31. The molecule has 0 bridgehead atoms. The molecule has 1 aliphatic heterocycles. The second kappa shape index (κ2) is 7.74. The van der Waals surface area contributed by atoms with Crippen molar-refractivity contribution in [1.82, 2.24) is 25.2 Å². The van der Waals surface area contributed by atoms with Gasteiger partial charge in [-0.1, -0.05) is 0 Å². The van der Waals surface area contributed by atoms with E-state index in [2.05, 4.69) is 41.0 Å². The molecule has 30 heavy (non-hydrogen) atoms. The number of carbonyl (C=O) groups excluding carboxylic acids is 1. The highest BCUT2D eigenvalue weighted by Crippen LogP contribution is 2.40. The summed E-state index contributed by atoms with van der Waals surface area (Å²) in [6.07, 6.45) is 7.51. The summed E-state index contributed by atoms with van der Waals surface area (Å²) in [5.74, 6) is 0.686. The minimum Gasteiger partial charge on any atom is -0.473 e. The van der Waals surface area contributed by atoms with Crippen LogP contribution in [0.4, 0.5) is 0 Å². The first-order chi connectivity index (χ1) is 14.2. The molecule has 8 heteroatoms. The largest absolute Gasteiger partial charge is 0.473 e. The van der Waals surface area contributed by atoms with E-state index in [0.717, 1.165) is 23.9 Å². The molecule has 0 unspecified atom stereocenters. The molecule has 0 radical (unpaired) electrons. The van der Waals surface area contributed by atoms with Crippen molar-refractivity contribution in [2.24, 2.45) is 5.92 Å². The van der Waals surface area contributed by atoms with Gasteiger partial charge in [0.1, 0.15) is 11.6 Å². The van der Waals surface area contributed by atoms with E-state index < -0.39 is 0 Å². The highest BCUT2D eigenvalue weighted by molar-refractivity contribution is 6.08. The quantitative estimate of drug-likeness (QED) is 0.609. The van der Waals surface area contributed by atoms with Crippen LogP contribution in [0.25, 0.3) is 16.6 Å². The normalized spacial score (nSPS) is 20.9. The molecule has 4 rings (SSSR count). The van der Waals surface area contributed by atoms with Crippen molar-refractivity contribution < 1.29 is 9.53 Å². The summed E-state index contributed by atoms with van der Waals surface area (Å²) in [5, 5.41) is 14.1. The predicted octanol–water partition coefficient (Wildman–Crippen LogP) is 3.05. The van der Waals surface area contributed by atoms with E-state index in [-0.39, 0.29) is 23.5 Å². The van der Waals surface area contributed by atoms with Crippen molar-refractivity contribution in [3.63, 3.8) is 0 Å². The fourth-order valence-corrected chi connectivity index (χ4v) is 3.60. The summed E-state index contributed by atoms with van der Waals surface area (Å²) in [6.45, 7) is 8.79. The topological polar surface area (TPSA) is 105 Å². The van der Waals surface area contributed by atoms with Crippen molar-refractivity contribution in [3.8, 4) is 5.88 Å². The third-order valence-corrected chi connectivity index (χ3v) is 5.54. The van der Waals surface area contributed by atoms with E-state index in [4.69, 9.17) is 15.1 Å². The summed E-state index contributed by atoms with van der Waals surface area (Å²) in [7, 11) is 0. The molecule has 160 valence electrons. The zero-order chi connectivity index (χ0) is 21.5. The average molecular weight is 411 g/mol. The lowest BCUT2D eigenvalue weighted by atomic mass is 10.0. The SMILES string of the molecule is C[C@@H](Oc1nc(/C(C=N)=C/NC(C)(C)C)cc2ncn(C3CC3)c12)[C@H]1CNC(=O)C1. The highest BCUT2D eigenvalue weighted by atomic mass is 16.5. The minimum absolute atomic E-state index is 0.0626. The molecule has 1 amide bonds. The highest BCUT2D eigenvalue weighted by Gasteiger charge is 2.31. The molecular formula is C22H30N6O2. The summed E-state index contributed by atoms with van der Waals surface area (Å²) >= 11 is 0. The van der Waals surface area contributed by atoms with E-state index in [0.29, 0.717) is 36.2 Å². The molecule has 1 saturated heterocycles. The second-order valence-electron chi connectivity index (χ2n) is 9.29. The van der Waals surface area contributed by atoms with E-state index in [1.165, 1.54) is 6.21 Å². The van der Waals surface area contributed by atoms with Crippen molar-refractivity contribution in [2.45, 2.75) is 64.6 Å². The number of rotatable bonds is 7. The van der Waals surface area contributed by atoms with Gasteiger partial charge >= 0.3 is 0 Å². The van der Waals surface area contributed by atoms with E-state index >= 15 is 0 Å². The summed E-state index contributed by atoms with van der Waals surface area (Å²) in [5.41, 5.74) is 2.86. The van der Waals surface area contributed by atoms with E-state index in [9.17, 15) is 4.79 Å². The van der Waals surface area contributed by atoms with Crippen molar-refractivity contribution in [2.75, 3.05) is 6.54 Å². The van der Waals surface area contributed by atoms with Crippen LogP contribution in [0.3, 0.4) is 0 Å². The molecule has 1 aliphatic carbocycles. The predicted molar refractivity (Wildman–Crippen MR) is 117 cm³/mol. The number of aromatic nitrogens is 3. The van der Waals surface area contributed by atoms with Crippen molar-refractivity contribution in [1.29, 1.82) is 5.41 Å². The van der Waals surface area contributed by atoms with Gasteiger partial charge in [-0.2, -0.15) is 0 Å². The Morgan fingerprint density at radius 2 is 2.20 bits per heavy atom. The van der Waals surface area contributed by atoms with Gasteiger partial charge in [0.15, 0.2) is 0 Å². The number of hydrogen-bond acceptors (Lipinski definition) is 6. The number of nitrogens with zero attached hydrogens (tertiary/aromatic N) is 3. The first-order valence-corrected chi connectivity index (χ1v) is 10.5. The lowest BCUT2D eigenvalue weighted by molar-refractivity contribution is -0.119. The molecule has 0 spiro atoms. The number of amides is 1. The smallest absolute Gasteiger partial charge is 0.241 e. The molecule has 3 N–H and O–H groups in total. The number of pyridine rings is 1. The average Bonchev–Trinajstić information content (AvgIpc) is 3.28. The first kappa shape index (κ1) is 20.4. The molecule has 3 heterocycles. The van der Waals surface area contributed by atoms with Crippen molar-refractivity contribution in [3.05, 3.63) is 24.3 Å². The van der Waals surface area contributed by atoms with Gasteiger partial charge in [-0.25, -0.2) is 9.97 Å². The number of imidazole rings is 1. The fraction of sp³-hybridized carbons (Fsp3) is 0.545. The lowest BCUT2D eigenvalue weighted by Gasteiger charge is -2.21. The molecule has 0 aromatic carbocycles. The maximum absolute atomic E-state index is 11.6.